The molecule has 0 aliphatic carbocycles. The summed E-state index contributed by atoms with van der Waals surface area (Å²) in [6.07, 6.45) is 5.60. The molecule has 0 bridgehead atoms. The van der Waals surface area contributed by atoms with E-state index < -0.39 is 0 Å². The van der Waals surface area contributed by atoms with Crippen LogP contribution >= 0.6 is 0 Å². The molecule has 0 unspecified atom stereocenters. The minimum absolute atomic E-state index is 0.120. The molecule has 7 nitrogen and oxygen atoms in total. The number of ether oxygens (including phenoxy) is 1. The molecule has 2 amide bonds. The number of benzene rings is 2. The average Bonchev–Trinajstić information content (AvgIpc) is 3.25. The van der Waals surface area contributed by atoms with Crippen molar-refractivity contribution in [3.63, 3.8) is 0 Å². The van der Waals surface area contributed by atoms with E-state index in [1.54, 1.807) is 36.8 Å². The van der Waals surface area contributed by atoms with E-state index in [0.717, 1.165) is 11.3 Å². The van der Waals surface area contributed by atoms with Gasteiger partial charge in [0, 0.05) is 43.2 Å². The molecule has 1 aromatic heterocycles. The average molecular weight is 406 g/mol. The predicted octanol–water partition coefficient (Wildman–Crippen LogP) is 3.63. The van der Waals surface area contributed by atoms with Crippen LogP contribution in [-0.4, -0.2) is 27.5 Å². The summed E-state index contributed by atoms with van der Waals surface area (Å²) in [5.74, 6) is 0.480. The zero-order chi connectivity index (χ0) is 21.3. The van der Waals surface area contributed by atoms with Crippen molar-refractivity contribution in [3.05, 3.63) is 78.4 Å². The molecule has 0 aliphatic rings. The van der Waals surface area contributed by atoms with E-state index in [-0.39, 0.29) is 17.9 Å². The van der Waals surface area contributed by atoms with Gasteiger partial charge in [-0.1, -0.05) is 18.2 Å². The number of aryl methyl sites for hydroxylation is 1. The smallest absolute Gasteiger partial charge is 0.251 e. The molecule has 2 aromatic carbocycles. The second kappa shape index (κ2) is 10.2. The fourth-order valence-corrected chi connectivity index (χ4v) is 2.85. The fraction of sp³-hybridized carbons (Fsp3) is 0.261. The Kier molecular flexibility index (Phi) is 7.21. The number of carbonyl (C=O) groups excluding carboxylic acids is 2. The molecule has 156 valence electrons. The lowest BCUT2D eigenvalue weighted by atomic mass is 10.1. The van der Waals surface area contributed by atoms with Crippen LogP contribution in [0.4, 0.5) is 5.69 Å². The van der Waals surface area contributed by atoms with Gasteiger partial charge in [-0.3, -0.25) is 9.59 Å². The number of nitrogens with one attached hydrogen (secondary N) is 2. The summed E-state index contributed by atoms with van der Waals surface area (Å²) in [6, 6.07) is 14.5. The Hall–Kier alpha value is -3.61. The Labute approximate surface area is 176 Å². The number of aromatic nitrogens is 2. The quantitative estimate of drug-likeness (QED) is 0.568. The van der Waals surface area contributed by atoms with Crippen molar-refractivity contribution in [2.24, 2.45) is 0 Å². The number of hydrogen-bond acceptors (Lipinski definition) is 4. The standard InChI is InChI=1S/C23H26N4O3/c1-17(2)30-21-8-6-18(7-9-21)15-25-23(29)19-4-3-5-20(14-19)26-22(28)10-12-27-13-11-24-16-27/h3-9,11,13-14,16-17H,10,12,15H2,1-2H3,(H,25,29)(H,26,28). The van der Waals surface area contributed by atoms with E-state index in [1.165, 1.54) is 0 Å². The monoisotopic (exact) mass is 406 g/mol. The first kappa shape index (κ1) is 21.1. The zero-order valence-corrected chi connectivity index (χ0v) is 17.2. The molecule has 3 rings (SSSR count). The molecule has 0 radical (unpaired) electrons. The Bertz CT molecular complexity index is 966. The van der Waals surface area contributed by atoms with Crippen LogP contribution in [-0.2, 0) is 17.9 Å². The lowest BCUT2D eigenvalue weighted by Gasteiger charge is -2.11. The highest BCUT2D eigenvalue weighted by Gasteiger charge is 2.08. The molecular weight excluding hydrogens is 380 g/mol. The van der Waals surface area contributed by atoms with Gasteiger partial charge in [-0.2, -0.15) is 0 Å². The molecule has 0 fully saturated rings. The van der Waals surface area contributed by atoms with Gasteiger partial charge in [0.15, 0.2) is 0 Å². The largest absolute Gasteiger partial charge is 0.491 e. The second-order valence-corrected chi connectivity index (χ2v) is 7.17. The van der Waals surface area contributed by atoms with Crippen molar-refractivity contribution in [1.82, 2.24) is 14.9 Å². The van der Waals surface area contributed by atoms with Crippen LogP contribution in [0, 0.1) is 0 Å². The minimum Gasteiger partial charge on any atom is -0.491 e. The Morgan fingerprint density at radius 3 is 2.63 bits per heavy atom. The topological polar surface area (TPSA) is 85.3 Å². The van der Waals surface area contributed by atoms with E-state index in [4.69, 9.17) is 4.74 Å². The van der Waals surface area contributed by atoms with E-state index in [0.29, 0.717) is 30.8 Å². The molecule has 0 aliphatic heterocycles. The van der Waals surface area contributed by atoms with Gasteiger partial charge >= 0.3 is 0 Å². The Morgan fingerprint density at radius 1 is 1.13 bits per heavy atom. The first-order chi connectivity index (χ1) is 14.5. The third-order valence-corrected chi connectivity index (χ3v) is 4.31. The summed E-state index contributed by atoms with van der Waals surface area (Å²) in [6.45, 7) is 4.91. The van der Waals surface area contributed by atoms with E-state index >= 15 is 0 Å². The molecule has 0 atom stereocenters. The van der Waals surface area contributed by atoms with Crippen molar-refractivity contribution in [2.75, 3.05) is 5.32 Å². The van der Waals surface area contributed by atoms with Crippen LogP contribution < -0.4 is 15.4 Å². The van der Waals surface area contributed by atoms with Gasteiger partial charge in [0.1, 0.15) is 5.75 Å². The molecular formula is C23H26N4O3. The molecule has 0 saturated carbocycles. The van der Waals surface area contributed by atoms with Gasteiger partial charge in [-0.15, -0.1) is 0 Å². The highest BCUT2D eigenvalue weighted by atomic mass is 16.5. The summed E-state index contributed by atoms with van der Waals surface area (Å²) in [5.41, 5.74) is 2.05. The molecule has 2 N–H and O–H groups in total. The number of imidazole rings is 1. The van der Waals surface area contributed by atoms with Crippen molar-refractivity contribution in [1.29, 1.82) is 0 Å². The summed E-state index contributed by atoms with van der Waals surface area (Å²) in [5, 5.41) is 5.73. The molecule has 7 heteroatoms. The van der Waals surface area contributed by atoms with Crippen LogP contribution in [0.25, 0.3) is 0 Å². The van der Waals surface area contributed by atoms with Gasteiger partial charge < -0.3 is 19.9 Å². The van der Waals surface area contributed by atoms with Gasteiger partial charge in [0.05, 0.1) is 12.4 Å². The molecule has 0 saturated heterocycles. The summed E-state index contributed by atoms with van der Waals surface area (Å²) < 4.78 is 7.46. The Morgan fingerprint density at radius 2 is 1.93 bits per heavy atom. The van der Waals surface area contributed by atoms with Gasteiger partial charge in [-0.25, -0.2) is 4.98 Å². The van der Waals surface area contributed by atoms with Crippen LogP contribution in [0.15, 0.2) is 67.3 Å². The lowest BCUT2D eigenvalue weighted by molar-refractivity contribution is -0.116. The van der Waals surface area contributed by atoms with Gasteiger partial charge in [0.25, 0.3) is 5.91 Å². The molecule has 3 aromatic rings. The second-order valence-electron chi connectivity index (χ2n) is 7.17. The maximum atomic E-state index is 12.5. The van der Waals surface area contributed by atoms with E-state index in [9.17, 15) is 9.59 Å². The minimum atomic E-state index is -0.202. The molecule has 30 heavy (non-hydrogen) atoms. The van der Waals surface area contributed by atoms with Crippen LogP contribution in [0.1, 0.15) is 36.2 Å². The van der Waals surface area contributed by atoms with Crippen molar-refractivity contribution in [3.8, 4) is 5.75 Å². The number of carbonyl (C=O) groups is 2. The van der Waals surface area contributed by atoms with Crippen molar-refractivity contribution in [2.45, 2.75) is 39.5 Å². The van der Waals surface area contributed by atoms with Crippen molar-refractivity contribution >= 4 is 17.5 Å². The van der Waals surface area contributed by atoms with Gasteiger partial charge in [0.2, 0.25) is 5.91 Å². The third kappa shape index (κ3) is 6.48. The first-order valence-electron chi connectivity index (χ1n) is 9.89. The first-order valence-corrected chi connectivity index (χ1v) is 9.89. The van der Waals surface area contributed by atoms with Crippen LogP contribution in [0.5, 0.6) is 5.75 Å². The highest BCUT2D eigenvalue weighted by Crippen LogP contribution is 2.15. The normalized spacial score (nSPS) is 10.6. The number of hydrogen-bond donors (Lipinski definition) is 2. The SMILES string of the molecule is CC(C)Oc1ccc(CNC(=O)c2cccc(NC(=O)CCn3ccnc3)c2)cc1. The summed E-state index contributed by atoms with van der Waals surface area (Å²) in [4.78, 5) is 28.6. The van der Waals surface area contributed by atoms with Gasteiger partial charge in [-0.05, 0) is 49.7 Å². The maximum Gasteiger partial charge on any atom is 0.251 e. The van der Waals surface area contributed by atoms with E-state index in [2.05, 4.69) is 15.6 Å². The fourth-order valence-electron chi connectivity index (χ4n) is 2.85. The predicted molar refractivity (Wildman–Crippen MR) is 115 cm³/mol. The lowest BCUT2D eigenvalue weighted by Crippen LogP contribution is -2.23. The van der Waals surface area contributed by atoms with Crippen molar-refractivity contribution < 1.29 is 14.3 Å². The number of nitrogens with zero attached hydrogens (tertiary/aromatic N) is 2. The van der Waals surface area contributed by atoms with Crippen LogP contribution in [0.2, 0.25) is 0 Å². The third-order valence-electron chi connectivity index (χ3n) is 4.31. The zero-order valence-electron chi connectivity index (χ0n) is 17.2. The Balaban J connectivity index is 1.50. The molecule has 1 heterocycles. The van der Waals surface area contributed by atoms with Crippen LogP contribution in [0.3, 0.4) is 0 Å². The highest BCUT2D eigenvalue weighted by molar-refractivity contribution is 5.97. The van der Waals surface area contributed by atoms with E-state index in [1.807, 2.05) is 48.9 Å². The maximum absolute atomic E-state index is 12.5. The number of amides is 2. The number of rotatable bonds is 9. The summed E-state index contributed by atoms with van der Waals surface area (Å²) in [7, 11) is 0. The molecule has 0 spiro atoms. The number of anilines is 1. The summed E-state index contributed by atoms with van der Waals surface area (Å²) >= 11 is 0.